The van der Waals surface area contributed by atoms with Gasteiger partial charge in [0.05, 0.1) is 14.2 Å². The number of nitrogens with two attached hydrogens (primary N) is 2. The summed E-state index contributed by atoms with van der Waals surface area (Å²) in [5.74, 6) is -0.934. The summed E-state index contributed by atoms with van der Waals surface area (Å²) in [7, 11) is 2.57. The number of carbonyl (C=O) groups is 2. The van der Waals surface area contributed by atoms with E-state index in [1.807, 2.05) is 0 Å². The van der Waals surface area contributed by atoms with E-state index in [0.717, 1.165) is 0 Å². The zero-order valence-corrected chi connectivity index (χ0v) is 9.99. The third kappa shape index (κ3) is 4.59. The van der Waals surface area contributed by atoms with Crippen LogP contribution < -0.4 is 11.5 Å². The maximum atomic E-state index is 11.2. The highest BCUT2D eigenvalue weighted by Crippen LogP contribution is 2.13. The van der Waals surface area contributed by atoms with E-state index < -0.39 is 23.5 Å². The van der Waals surface area contributed by atoms with E-state index in [2.05, 4.69) is 9.47 Å². The molecule has 16 heavy (non-hydrogen) atoms. The molecule has 0 aromatic carbocycles. The molecule has 94 valence electrons. The SMILES string of the molecule is COC(=O)C(N)CCCC(C)(N)C(=O)OC. The predicted octanol–water partition coefficient (Wildman–Crippen LogP) is -0.453. The van der Waals surface area contributed by atoms with Gasteiger partial charge in [-0.2, -0.15) is 0 Å². The summed E-state index contributed by atoms with van der Waals surface area (Å²) in [6.45, 7) is 1.59. The van der Waals surface area contributed by atoms with Crippen LogP contribution in [-0.2, 0) is 19.1 Å². The van der Waals surface area contributed by atoms with E-state index in [1.165, 1.54) is 14.2 Å². The third-order valence-corrected chi connectivity index (χ3v) is 2.37. The van der Waals surface area contributed by atoms with Crippen molar-refractivity contribution in [3.8, 4) is 0 Å². The average molecular weight is 232 g/mol. The fourth-order valence-electron chi connectivity index (χ4n) is 1.29. The quantitative estimate of drug-likeness (QED) is 0.601. The Hall–Kier alpha value is -1.14. The minimum Gasteiger partial charge on any atom is -0.468 e. The van der Waals surface area contributed by atoms with Gasteiger partial charge in [-0.05, 0) is 26.2 Å². The number of methoxy groups -OCH3 is 2. The van der Waals surface area contributed by atoms with Crippen LogP contribution in [-0.4, -0.2) is 37.7 Å². The summed E-state index contributed by atoms with van der Waals surface area (Å²) in [5.41, 5.74) is 10.2. The summed E-state index contributed by atoms with van der Waals surface area (Å²) in [4.78, 5) is 22.2. The standard InChI is InChI=1S/C10H20N2O4/c1-10(12,9(14)16-3)6-4-5-7(11)8(13)15-2/h7H,4-6,11-12H2,1-3H3. The maximum Gasteiger partial charge on any atom is 0.325 e. The Morgan fingerprint density at radius 1 is 1.31 bits per heavy atom. The van der Waals surface area contributed by atoms with Gasteiger partial charge in [-0.15, -0.1) is 0 Å². The molecule has 0 fully saturated rings. The highest BCUT2D eigenvalue weighted by molar-refractivity contribution is 5.79. The molecule has 0 bridgehead atoms. The first-order valence-corrected chi connectivity index (χ1v) is 5.06. The topological polar surface area (TPSA) is 105 Å². The molecule has 0 heterocycles. The molecule has 2 atom stereocenters. The van der Waals surface area contributed by atoms with Gasteiger partial charge in [0.25, 0.3) is 0 Å². The molecule has 0 aliphatic carbocycles. The first-order chi connectivity index (χ1) is 7.35. The second kappa shape index (κ2) is 6.44. The van der Waals surface area contributed by atoms with Crippen LogP contribution in [0.2, 0.25) is 0 Å². The molecule has 0 aromatic heterocycles. The monoisotopic (exact) mass is 232 g/mol. The zero-order chi connectivity index (χ0) is 12.8. The molecule has 0 amide bonds. The van der Waals surface area contributed by atoms with Crippen LogP contribution in [0, 0.1) is 0 Å². The zero-order valence-electron chi connectivity index (χ0n) is 9.99. The Labute approximate surface area is 95.3 Å². The predicted molar refractivity (Wildman–Crippen MR) is 58.5 cm³/mol. The molecule has 4 N–H and O–H groups in total. The molecule has 0 spiro atoms. The number of esters is 2. The number of rotatable bonds is 6. The number of carbonyl (C=O) groups excluding carboxylic acids is 2. The lowest BCUT2D eigenvalue weighted by atomic mass is 9.95. The fourth-order valence-corrected chi connectivity index (χ4v) is 1.29. The lowest BCUT2D eigenvalue weighted by Gasteiger charge is -2.21. The largest absolute Gasteiger partial charge is 0.468 e. The van der Waals surface area contributed by atoms with Crippen LogP contribution in [0.4, 0.5) is 0 Å². The van der Waals surface area contributed by atoms with Crippen molar-refractivity contribution in [2.45, 2.75) is 37.8 Å². The van der Waals surface area contributed by atoms with Crippen LogP contribution in [0.3, 0.4) is 0 Å². The van der Waals surface area contributed by atoms with Crippen molar-refractivity contribution in [3.63, 3.8) is 0 Å². The first-order valence-electron chi connectivity index (χ1n) is 5.06. The second-order valence-corrected chi connectivity index (χ2v) is 3.93. The molecule has 0 aliphatic rings. The Balaban J connectivity index is 3.98. The number of hydrogen-bond acceptors (Lipinski definition) is 6. The summed E-state index contributed by atoms with van der Waals surface area (Å²) in [5, 5.41) is 0. The van der Waals surface area contributed by atoms with Gasteiger partial charge in [0.15, 0.2) is 0 Å². The van der Waals surface area contributed by atoms with Gasteiger partial charge in [0.2, 0.25) is 0 Å². The van der Waals surface area contributed by atoms with Gasteiger partial charge in [-0.25, -0.2) is 0 Å². The van der Waals surface area contributed by atoms with E-state index in [4.69, 9.17) is 11.5 Å². The van der Waals surface area contributed by atoms with Gasteiger partial charge < -0.3 is 20.9 Å². The van der Waals surface area contributed by atoms with E-state index >= 15 is 0 Å². The maximum absolute atomic E-state index is 11.2. The van der Waals surface area contributed by atoms with E-state index in [-0.39, 0.29) is 0 Å². The highest BCUT2D eigenvalue weighted by atomic mass is 16.5. The minimum atomic E-state index is -1.04. The molecule has 0 aliphatic heterocycles. The molecule has 0 saturated heterocycles. The Morgan fingerprint density at radius 2 is 1.88 bits per heavy atom. The van der Waals surface area contributed by atoms with E-state index in [9.17, 15) is 9.59 Å². The van der Waals surface area contributed by atoms with Gasteiger partial charge in [0, 0.05) is 0 Å². The summed E-state index contributed by atoms with van der Waals surface area (Å²) >= 11 is 0. The van der Waals surface area contributed by atoms with Gasteiger partial charge >= 0.3 is 11.9 Å². The van der Waals surface area contributed by atoms with Crippen molar-refractivity contribution in [2.24, 2.45) is 11.5 Å². The second-order valence-electron chi connectivity index (χ2n) is 3.93. The molecule has 2 unspecified atom stereocenters. The average Bonchev–Trinajstić information content (AvgIpc) is 2.26. The van der Waals surface area contributed by atoms with Crippen LogP contribution in [0.5, 0.6) is 0 Å². The van der Waals surface area contributed by atoms with Crippen molar-refractivity contribution in [3.05, 3.63) is 0 Å². The molecule has 6 nitrogen and oxygen atoms in total. The lowest BCUT2D eigenvalue weighted by molar-refractivity contribution is -0.146. The minimum absolute atomic E-state index is 0.407. The summed E-state index contributed by atoms with van der Waals surface area (Å²) < 4.78 is 9.03. The molecule has 0 aromatic rings. The normalized spacial score (nSPS) is 16.1. The molecule has 0 radical (unpaired) electrons. The van der Waals surface area contributed by atoms with Gasteiger partial charge in [0.1, 0.15) is 11.6 Å². The van der Waals surface area contributed by atoms with Crippen LogP contribution in [0.15, 0.2) is 0 Å². The Bertz CT molecular complexity index is 253. The van der Waals surface area contributed by atoms with E-state index in [0.29, 0.717) is 19.3 Å². The fraction of sp³-hybridized carbons (Fsp3) is 0.800. The third-order valence-electron chi connectivity index (χ3n) is 2.37. The van der Waals surface area contributed by atoms with E-state index in [1.54, 1.807) is 6.92 Å². The Kier molecular flexibility index (Phi) is 5.98. The number of hydrogen-bond donors (Lipinski definition) is 2. The van der Waals surface area contributed by atoms with Crippen LogP contribution >= 0.6 is 0 Å². The summed E-state index contributed by atoms with van der Waals surface area (Å²) in [6.07, 6.45) is 1.39. The first kappa shape index (κ1) is 14.9. The van der Waals surface area contributed by atoms with Crippen molar-refractivity contribution in [1.29, 1.82) is 0 Å². The molecular weight excluding hydrogens is 212 g/mol. The number of ether oxygens (including phenoxy) is 2. The molecule has 0 saturated carbocycles. The van der Waals surface area contributed by atoms with Gasteiger partial charge in [-0.3, -0.25) is 9.59 Å². The summed E-state index contributed by atoms with van der Waals surface area (Å²) in [6, 6.07) is -0.668. The van der Waals surface area contributed by atoms with Crippen LogP contribution in [0.1, 0.15) is 26.2 Å². The van der Waals surface area contributed by atoms with Crippen molar-refractivity contribution in [2.75, 3.05) is 14.2 Å². The van der Waals surface area contributed by atoms with Crippen molar-refractivity contribution >= 4 is 11.9 Å². The molecular formula is C10H20N2O4. The highest BCUT2D eigenvalue weighted by Gasteiger charge is 2.29. The van der Waals surface area contributed by atoms with Crippen molar-refractivity contribution in [1.82, 2.24) is 0 Å². The lowest BCUT2D eigenvalue weighted by Crippen LogP contribution is -2.46. The Morgan fingerprint density at radius 3 is 2.31 bits per heavy atom. The van der Waals surface area contributed by atoms with Gasteiger partial charge in [-0.1, -0.05) is 0 Å². The molecule has 0 rings (SSSR count). The smallest absolute Gasteiger partial charge is 0.325 e. The molecule has 6 heteroatoms. The van der Waals surface area contributed by atoms with Crippen LogP contribution in [0.25, 0.3) is 0 Å². The van der Waals surface area contributed by atoms with Crippen molar-refractivity contribution < 1.29 is 19.1 Å².